The average Bonchev–Trinajstić information content (AvgIpc) is 2.78. The van der Waals surface area contributed by atoms with E-state index in [1.807, 2.05) is 24.3 Å². The number of nitrogens with zero attached hydrogens (tertiary/aromatic N) is 2. The molecule has 3 rings (SSSR count). The van der Waals surface area contributed by atoms with Crippen LogP contribution in [0.3, 0.4) is 0 Å². The van der Waals surface area contributed by atoms with Gasteiger partial charge in [-0.1, -0.05) is 18.2 Å². The van der Waals surface area contributed by atoms with Crippen molar-refractivity contribution in [1.82, 2.24) is 9.97 Å². The number of aromatic nitrogens is 2. The van der Waals surface area contributed by atoms with Gasteiger partial charge in [-0.25, -0.2) is 18.2 Å². The van der Waals surface area contributed by atoms with Gasteiger partial charge in [0.2, 0.25) is 10.9 Å². The van der Waals surface area contributed by atoms with E-state index >= 15 is 0 Å². The van der Waals surface area contributed by atoms with Gasteiger partial charge in [-0.05, 0) is 12.1 Å². The Morgan fingerprint density at radius 3 is 2.65 bits per heavy atom. The van der Waals surface area contributed by atoms with E-state index in [2.05, 4.69) is 9.97 Å². The number of hydrogen-bond donors (Lipinski definition) is 3. The number of primary amides is 1. The Morgan fingerprint density at radius 1 is 1.20 bits per heavy atom. The van der Waals surface area contributed by atoms with Gasteiger partial charge in [0.05, 0.1) is 5.52 Å². The van der Waals surface area contributed by atoms with E-state index in [0.29, 0.717) is 9.82 Å². The molecule has 0 bridgehead atoms. The van der Waals surface area contributed by atoms with E-state index in [-0.39, 0.29) is 5.82 Å². The summed E-state index contributed by atoms with van der Waals surface area (Å²) in [5.74, 6) is -0.0256. The van der Waals surface area contributed by atoms with Gasteiger partial charge in [0.15, 0.2) is 5.82 Å². The third kappa shape index (κ3) is 1.77. The summed E-state index contributed by atoms with van der Waals surface area (Å²) in [6, 6.07) is 8.11. The number of para-hydroxylation sites is 1. The van der Waals surface area contributed by atoms with Crippen molar-refractivity contribution in [2.24, 2.45) is 5.73 Å². The summed E-state index contributed by atoms with van der Waals surface area (Å²) in [5.41, 5.74) is 6.38. The average molecular weight is 290 g/mol. The fourth-order valence-corrected chi connectivity index (χ4v) is 2.65. The van der Waals surface area contributed by atoms with Crippen LogP contribution in [-0.2, 0) is 10.9 Å². The number of urea groups is 1. The van der Waals surface area contributed by atoms with Crippen molar-refractivity contribution >= 4 is 44.5 Å². The summed E-state index contributed by atoms with van der Waals surface area (Å²) >= 11 is 0. The second-order valence-electron chi connectivity index (χ2n) is 4.12. The third-order valence-corrected chi connectivity index (χ3v) is 3.69. The first kappa shape index (κ1) is 12.4. The number of nitrogens with two attached hydrogens (primary N) is 1. The van der Waals surface area contributed by atoms with Crippen LogP contribution in [0.1, 0.15) is 0 Å². The molecule has 2 aromatic heterocycles. The second-order valence-corrected chi connectivity index (χ2v) is 4.99. The van der Waals surface area contributed by atoms with Crippen LogP contribution in [0.2, 0.25) is 0 Å². The molecule has 2 amide bonds. The van der Waals surface area contributed by atoms with E-state index in [1.54, 1.807) is 6.07 Å². The topological polar surface area (TPSA) is 109 Å². The van der Waals surface area contributed by atoms with Gasteiger partial charge in [0, 0.05) is 22.5 Å². The number of rotatable bonds is 2. The van der Waals surface area contributed by atoms with Gasteiger partial charge in [-0.3, -0.25) is 0 Å². The van der Waals surface area contributed by atoms with E-state index in [9.17, 15) is 13.2 Å². The zero-order valence-electron chi connectivity index (χ0n) is 10.1. The number of carbonyl (C=O) groups excluding carboxylic acids is 1. The highest BCUT2D eigenvalue weighted by atomic mass is 32.2. The molecule has 20 heavy (non-hydrogen) atoms. The van der Waals surface area contributed by atoms with Crippen LogP contribution in [0.25, 0.3) is 21.8 Å². The first-order valence-corrected chi connectivity index (χ1v) is 6.82. The van der Waals surface area contributed by atoms with Gasteiger partial charge in [-0.15, -0.1) is 0 Å². The second kappa shape index (κ2) is 4.49. The fraction of sp³-hybridized carbons (Fsp3) is 0. The van der Waals surface area contributed by atoms with Crippen molar-refractivity contribution in [3.8, 4) is 0 Å². The number of pyridine rings is 1. The highest BCUT2D eigenvalue weighted by molar-refractivity contribution is 7.75. The van der Waals surface area contributed by atoms with E-state index in [0.717, 1.165) is 16.3 Å². The lowest BCUT2D eigenvalue weighted by molar-refractivity contribution is 0.257. The molecule has 0 aliphatic carbocycles. The Balaban J connectivity index is 2.39. The maximum absolute atomic E-state index is 11.3. The molecular formula is C12H10N4O3S. The maximum atomic E-state index is 11.3. The molecular weight excluding hydrogens is 280 g/mol. The summed E-state index contributed by atoms with van der Waals surface area (Å²) in [4.78, 5) is 18.3. The molecule has 0 atom stereocenters. The first-order chi connectivity index (χ1) is 9.59. The van der Waals surface area contributed by atoms with Gasteiger partial charge in [-0.2, -0.15) is 4.31 Å². The van der Waals surface area contributed by atoms with Gasteiger partial charge in [0.1, 0.15) is 0 Å². The van der Waals surface area contributed by atoms with Crippen molar-refractivity contribution in [2.45, 2.75) is 0 Å². The van der Waals surface area contributed by atoms with Gasteiger partial charge in [0.25, 0.3) is 0 Å². The van der Waals surface area contributed by atoms with Crippen LogP contribution in [0.4, 0.5) is 10.6 Å². The van der Waals surface area contributed by atoms with Crippen LogP contribution < -0.4 is 10.0 Å². The van der Waals surface area contributed by atoms with E-state index < -0.39 is 16.9 Å². The molecule has 3 N–H and O–H groups in total. The molecule has 8 heteroatoms. The lowest BCUT2D eigenvalue weighted by atomic mass is 10.2. The van der Waals surface area contributed by atoms with Crippen LogP contribution in [0.5, 0.6) is 0 Å². The molecule has 1 aromatic carbocycles. The number of benzene rings is 1. The number of hydrogen-bond acceptors (Lipinski definition) is 4. The van der Waals surface area contributed by atoms with Crippen LogP contribution in [-0.4, -0.2) is 24.4 Å². The molecule has 0 spiro atoms. The maximum Gasteiger partial charge on any atom is 0.334 e. The fourth-order valence-electron chi connectivity index (χ4n) is 2.18. The molecule has 3 aromatic rings. The predicted molar refractivity (Wildman–Crippen MR) is 76.0 cm³/mol. The SMILES string of the molecule is NC(=O)N(c1nccc2c1[nH]c1ccccc12)[SH](=O)=O. The molecule has 0 saturated carbocycles. The molecule has 7 nitrogen and oxygen atoms in total. The highest BCUT2D eigenvalue weighted by Gasteiger charge is 2.20. The molecule has 2 heterocycles. The van der Waals surface area contributed by atoms with Crippen molar-refractivity contribution in [2.75, 3.05) is 4.31 Å². The quantitative estimate of drug-likeness (QED) is 0.614. The number of anilines is 1. The normalized spacial score (nSPS) is 11.2. The first-order valence-electron chi connectivity index (χ1n) is 5.69. The molecule has 0 fully saturated rings. The summed E-state index contributed by atoms with van der Waals surface area (Å²) < 4.78 is 22.9. The number of thiol groups is 1. The standard InChI is InChI=1S/C12H10N4O3S/c13-12(17)16(20(18)19)11-10-8(5-6-14-11)7-3-1-2-4-9(7)15-10/h1-6,15,20H,(H2,13,17). The zero-order valence-corrected chi connectivity index (χ0v) is 11.0. The zero-order chi connectivity index (χ0) is 14.3. The minimum Gasteiger partial charge on any atom is -0.351 e. The summed E-state index contributed by atoms with van der Waals surface area (Å²) in [6.45, 7) is 0. The molecule has 102 valence electrons. The number of H-pyrrole nitrogens is 1. The predicted octanol–water partition coefficient (Wildman–Crippen LogP) is 1.13. The summed E-state index contributed by atoms with van der Waals surface area (Å²) in [7, 11) is -3.21. The molecule has 0 radical (unpaired) electrons. The van der Waals surface area contributed by atoms with Crippen molar-refractivity contribution in [3.63, 3.8) is 0 Å². The smallest absolute Gasteiger partial charge is 0.334 e. The van der Waals surface area contributed by atoms with Gasteiger partial charge < -0.3 is 10.7 Å². The third-order valence-electron chi connectivity index (χ3n) is 2.98. The molecule has 0 aliphatic rings. The lowest BCUT2D eigenvalue weighted by Crippen LogP contribution is -2.35. The van der Waals surface area contributed by atoms with Gasteiger partial charge >= 0.3 is 6.03 Å². The van der Waals surface area contributed by atoms with Crippen LogP contribution >= 0.6 is 0 Å². The Labute approximate surface area is 115 Å². The largest absolute Gasteiger partial charge is 0.351 e. The summed E-state index contributed by atoms with van der Waals surface area (Å²) in [5, 5.41) is 1.69. The minimum absolute atomic E-state index is 0.0256. The Kier molecular flexibility index (Phi) is 2.79. The molecule has 0 aliphatic heterocycles. The Bertz CT molecular complexity index is 892. The monoisotopic (exact) mass is 290 g/mol. The van der Waals surface area contributed by atoms with Crippen LogP contribution in [0, 0.1) is 0 Å². The number of amides is 2. The Morgan fingerprint density at radius 2 is 1.95 bits per heavy atom. The van der Waals surface area contributed by atoms with Crippen molar-refractivity contribution in [1.29, 1.82) is 0 Å². The summed E-state index contributed by atoms with van der Waals surface area (Å²) in [6.07, 6.45) is 1.44. The number of aromatic amines is 1. The van der Waals surface area contributed by atoms with E-state index in [4.69, 9.17) is 5.73 Å². The minimum atomic E-state index is -3.21. The number of carbonyl (C=O) groups is 1. The van der Waals surface area contributed by atoms with E-state index in [1.165, 1.54) is 6.20 Å². The number of nitrogens with one attached hydrogen (secondary N) is 1. The van der Waals surface area contributed by atoms with Crippen LogP contribution in [0.15, 0.2) is 36.5 Å². The van der Waals surface area contributed by atoms with Crippen molar-refractivity contribution < 1.29 is 13.2 Å². The highest BCUT2D eigenvalue weighted by Crippen LogP contribution is 2.30. The number of fused-ring (bicyclic) bond motifs is 3. The molecule has 0 unspecified atom stereocenters. The Hall–Kier alpha value is -2.61. The lowest BCUT2D eigenvalue weighted by Gasteiger charge is -2.11. The molecule has 0 saturated heterocycles. The van der Waals surface area contributed by atoms with Crippen molar-refractivity contribution in [3.05, 3.63) is 36.5 Å².